The topological polar surface area (TPSA) is 72.9 Å². The largest absolute Gasteiger partial charge is 0.534 e. The Morgan fingerprint density at radius 3 is 2.08 bits per heavy atom. The van der Waals surface area contributed by atoms with Crippen LogP contribution in [0.3, 0.4) is 0 Å². The maximum Gasteiger partial charge on any atom is 0.534 e. The molecule has 0 saturated carbocycles. The average molecular weight is 856 g/mol. The van der Waals surface area contributed by atoms with Crippen LogP contribution in [-0.4, -0.2) is 13.9 Å². The van der Waals surface area contributed by atoms with E-state index in [-0.39, 0.29) is 0 Å². The second kappa shape index (κ2) is 13.3. The summed E-state index contributed by atoms with van der Waals surface area (Å²) in [6.07, 6.45) is 0. The Hall–Kier alpha value is -7.34. The van der Waals surface area contributed by atoms with Crippen molar-refractivity contribution in [3.05, 3.63) is 170 Å². The van der Waals surface area contributed by atoms with E-state index in [1.165, 1.54) is 23.5 Å². The van der Waals surface area contributed by atoms with E-state index in [1.54, 1.807) is 0 Å². The van der Waals surface area contributed by atoms with Gasteiger partial charge in [-0.2, -0.15) is 21.6 Å². The van der Waals surface area contributed by atoms with Crippen LogP contribution in [0.1, 0.15) is 0 Å². The first-order chi connectivity index (χ1) is 30.1. The van der Waals surface area contributed by atoms with Crippen LogP contribution in [-0.2, 0) is 10.1 Å². The summed E-state index contributed by atoms with van der Waals surface area (Å²) in [5.74, 6) is -0.482. The molecule has 11 heteroatoms. The average Bonchev–Trinajstić information content (AvgIpc) is 3.97. The predicted octanol–water partition coefficient (Wildman–Crippen LogP) is 15.5. The number of benzene rings is 9. The van der Waals surface area contributed by atoms with E-state index < -0.39 is 21.4 Å². The van der Waals surface area contributed by atoms with Gasteiger partial charge < -0.3 is 17.9 Å². The van der Waals surface area contributed by atoms with Gasteiger partial charge in [0.1, 0.15) is 28.1 Å². The molecule has 0 radical (unpaired) electrons. The van der Waals surface area contributed by atoms with Crippen LogP contribution in [0.25, 0.3) is 96.7 Å². The summed E-state index contributed by atoms with van der Waals surface area (Å²) >= 11 is 1.45. The van der Waals surface area contributed by atoms with E-state index in [1.807, 2.05) is 138 Å². The fourth-order valence-corrected chi connectivity index (χ4v) is 10.5. The number of rotatable bonds is 6. The smallest absolute Gasteiger partial charge is 0.456 e. The molecule has 0 saturated heterocycles. The maximum atomic E-state index is 14.0. The summed E-state index contributed by atoms with van der Waals surface area (Å²) in [4.78, 5) is 1.88. The number of furan rings is 2. The van der Waals surface area contributed by atoms with Gasteiger partial charge in [-0.15, -0.1) is 11.3 Å². The molecule has 9 aromatic carbocycles. The fourth-order valence-electron chi connectivity index (χ4n) is 8.86. The lowest BCUT2D eigenvalue weighted by atomic mass is 9.93. The zero-order valence-corrected chi connectivity index (χ0v) is 33.7. The molecule has 0 aliphatic rings. The number of para-hydroxylation sites is 2. The first kappa shape index (κ1) is 36.5. The van der Waals surface area contributed by atoms with E-state index in [2.05, 4.69) is 24.3 Å². The van der Waals surface area contributed by atoms with Crippen molar-refractivity contribution in [3.63, 3.8) is 0 Å². The molecular weight excluding hydrogens is 828 g/mol. The molecule has 3 aromatic heterocycles. The maximum absolute atomic E-state index is 14.0. The van der Waals surface area contributed by atoms with Crippen LogP contribution in [0.15, 0.2) is 179 Å². The highest BCUT2D eigenvalue weighted by Crippen LogP contribution is 2.50. The highest BCUT2D eigenvalue weighted by Gasteiger charge is 2.48. The highest BCUT2D eigenvalue weighted by atomic mass is 32.2. The van der Waals surface area contributed by atoms with Gasteiger partial charge in [-0.25, -0.2) is 0 Å². The van der Waals surface area contributed by atoms with E-state index in [0.29, 0.717) is 43.7 Å². The Balaban J connectivity index is 1.12. The summed E-state index contributed by atoms with van der Waals surface area (Å²) in [6, 6.07) is 54.0. The van der Waals surface area contributed by atoms with Gasteiger partial charge in [0.2, 0.25) is 0 Å². The third-order valence-electron chi connectivity index (χ3n) is 11.6. The van der Waals surface area contributed by atoms with Crippen molar-refractivity contribution in [2.75, 3.05) is 4.90 Å². The molecule has 3 heterocycles. The van der Waals surface area contributed by atoms with Crippen LogP contribution in [0.4, 0.5) is 30.2 Å². The first-order valence-electron chi connectivity index (χ1n) is 19.6. The number of hydrogen-bond acceptors (Lipinski definition) is 7. The van der Waals surface area contributed by atoms with Gasteiger partial charge in [-0.05, 0) is 87.9 Å². The van der Waals surface area contributed by atoms with Crippen LogP contribution < -0.4 is 9.08 Å². The third-order valence-corrected chi connectivity index (χ3v) is 13.8. The highest BCUT2D eigenvalue weighted by molar-refractivity contribution is 7.88. The first-order valence-corrected chi connectivity index (χ1v) is 21.9. The van der Waals surface area contributed by atoms with E-state index >= 15 is 0 Å². The number of nitrogens with zero attached hydrogens (tertiary/aromatic N) is 1. The number of halogens is 3. The van der Waals surface area contributed by atoms with Crippen molar-refractivity contribution in [2.24, 2.45) is 0 Å². The lowest BCUT2D eigenvalue weighted by Crippen LogP contribution is -2.28. The van der Waals surface area contributed by atoms with Crippen molar-refractivity contribution in [3.8, 4) is 16.9 Å². The number of fused-ring (bicyclic) bond motifs is 13. The Morgan fingerprint density at radius 1 is 0.532 bits per heavy atom. The van der Waals surface area contributed by atoms with Crippen LogP contribution in [0.2, 0.25) is 0 Å². The standard InChI is InChI=1S/C51H28F3NO5S2/c52-51(53,54)62(56,57)60-33-26-41-40-24-30(39-28-42-48-34-13-5-4-10-29(34)18-22-45(48)59-49(42)38-16-7-6-14-35(38)39)19-23-47(40)61-50(41)43(27-33)55(31-11-2-1-3-12-31)32-20-21-37-36-15-8-9-17-44(36)58-46(37)25-32/h1-28H. The van der Waals surface area contributed by atoms with Gasteiger partial charge in [0.05, 0.1) is 10.4 Å². The van der Waals surface area contributed by atoms with Gasteiger partial charge in [0.25, 0.3) is 0 Å². The van der Waals surface area contributed by atoms with Gasteiger partial charge >= 0.3 is 15.6 Å². The minimum atomic E-state index is -6.03. The number of thiophene rings is 1. The fraction of sp³-hybridized carbons (Fsp3) is 0.0196. The quantitative estimate of drug-likeness (QED) is 0.123. The van der Waals surface area contributed by atoms with Gasteiger partial charge in [-0.3, -0.25) is 0 Å². The van der Waals surface area contributed by atoms with Crippen LogP contribution >= 0.6 is 11.3 Å². The summed E-state index contributed by atoms with van der Waals surface area (Å²) in [5, 5.41) is 9.09. The molecule has 0 atom stereocenters. The molecule has 300 valence electrons. The minimum Gasteiger partial charge on any atom is -0.456 e. The monoisotopic (exact) mass is 855 g/mol. The SMILES string of the molecule is O=S(=O)(Oc1cc(N(c2ccccc2)c2ccc3c(c2)oc2ccccc23)c2sc3ccc(-c4cc5c(oc6ccc7ccccc7c65)c5ccccc45)cc3c2c1)C(F)(F)F. The molecule has 12 aromatic rings. The van der Waals surface area contributed by atoms with Crippen LogP contribution in [0, 0.1) is 0 Å². The van der Waals surface area contributed by atoms with Crippen molar-refractivity contribution < 1.29 is 34.6 Å². The Labute approximate surface area is 354 Å². The summed E-state index contributed by atoms with van der Waals surface area (Å²) < 4.78 is 86.5. The van der Waals surface area contributed by atoms with Crippen molar-refractivity contribution in [1.82, 2.24) is 0 Å². The second-order valence-corrected chi connectivity index (χ2v) is 17.8. The molecule has 6 nitrogen and oxygen atoms in total. The van der Waals surface area contributed by atoms with Gasteiger partial charge in [-0.1, -0.05) is 97.1 Å². The Morgan fingerprint density at radius 2 is 1.26 bits per heavy atom. The third kappa shape index (κ3) is 5.58. The van der Waals surface area contributed by atoms with Crippen molar-refractivity contribution >= 4 is 124 Å². The summed E-state index contributed by atoms with van der Waals surface area (Å²) in [7, 11) is -6.03. The lowest BCUT2D eigenvalue weighted by molar-refractivity contribution is -0.0500. The van der Waals surface area contributed by atoms with Gasteiger partial charge in [0.15, 0.2) is 0 Å². The molecule has 0 spiro atoms. The lowest BCUT2D eigenvalue weighted by Gasteiger charge is -2.26. The molecule has 0 unspecified atom stereocenters. The van der Waals surface area contributed by atoms with Crippen LogP contribution in [0.5, 0.6) is 5.75 Å². The minimum absolute atomic E-state index is 0.419. The van der Waals surface area contributed by atoms with E-state index in [4.69, 9.17) is 13.0 Å². The molecule has 0 bridgehead atoms. The second-order valence-electron chi connectivity index (χ2n) is 15.2. The molecule has 0 aliphatic heterocycles. The molecule has 0 fully saturated rings. The van der Waals surface area contributed by atoms with E-state index in [0.717, 1.165) is 70.1 Å². The van der Waals surface area contributed by atoms with Gasteiger partial charge in [0, 0.05) is 65.9 Å². The summed E-state index contributed by atoms with van der Waals surface area (Å²) in [6.45, 7) is 0. The Bertz CT molecular complexity index is 3930. The number of hydrogen-bond donors (Lipinski definition) is 0. The Kier molecular flexibility index (Phi) is 7.85. The number of anilines is 3. The zero-order chi connectivity index (χ0) is 41.9. The molecule has 0 aliphatic carbocycles. The predicted molar refractivity (Wildman–Crippen MR) is 245 cm³/mol. The number of alkyl halides is 3. The molecule has 0 N–H and O–H groups in total. The van der Waals surface area contributed by atoms with Crippen molar-refractivity contribution in [1.29, 1.82) is 0 Å². The van der Waals surface area contributed by atoms with E-state index in [9.17, 15) is 21.6 Å². The normalized spacial score (nSPS) is 12.6. The molecule has 0 amide bonds. The molecular formula is C51H28F3NO5S2. The molecule has 62 heavy (non-hydrogen) atoms. The van der Waals surface area contributed by atoms with Crippen molar-refractivity contribution in [2.45, 2.75) is 5.51 Å². The summed E-state index contributed by atoms with van der Waals surface area (Å²) in [5.41, 5.74) is 0.740. The molecule has 12 rings (SSSR count). The zero-order valence-electron chi connectivity index (χ0n) is 32.1.